The lowest BCUT2D eigenvalue weighted by atomic mass is 10.1. The molecule has 11 nitrogen and oxygen atoms in total. The second-order valence-corrected chi connectivity index (χ2v) is 11.3. The number of nitrogens with zero attached hydrogens (tertiary/aromatic N) is 6. The number of aryl methyl sites for hydroxylation is 1. The van der Waals surface area contributed by atoms with Crippen LogP contribution in [-0.4, -0.2) is 82.7 Å². The van der Waals surface area contributed by atoms with E-state index in [0.29, 0.717) is 67.2 Å². The number of H-pyrrole nitrogens is 1. The number of likely N-dealkylation sites (N-methyl/N-ethyl adjacent to an activating group) is 1. The van der Waals surface area contributed by atoms with Crippen LogP contribution in [0.15, 0.2) is 52.3 Å². The smallest absolute Gasteiger partial charge is 0.277 e. The molecule has 0 atom stereocenters. The van der Waals surface area contributed by atoms with Crippen LogP contribution in [0.5, 0.6) is 5.75 Å². The predicted molar refractivity (Wildman–Crippen MR) is 144 cm³/mol. The number of ether oxygens (including phenoxy) is 1. The number of piperazine rings is 1. The highest BCUT2D eigenvalue weighted by molar-refractivity contribution is 7.89. The highest BCUT2D eigenvalue weighted by atomic mass is 32.2. The van der Waals surface area contributed by atoms with Gasteiger partial charge < -0.3 is 14.6 Å². The minimum atomic E-state index is -3.73. The molecule has 0 radical (unpaired) electrons. The molecule has 1 aliphatic rings. The van der Waals surface area contributed by atoms with Gasteiger partial charge in [0.25, 0.3) is 5.56 Å². The maximum absolute atomic E-state index is 13.4. The summed E-state index contributed by atoms with van der Waals surface area (Å²) in [4.78, 5) is 27.6. The quantitative estimate of drug-likeness (QED) is 0.362. The topological polar surface area (TPSA) is 126 Å². The van der Waals surface area contributed by atoms with Gasteiger partial charge in [-0.2, -0.15) is 9.40 Å². The van der Waals surface area contributed by atoms with E-state index in [1.165, 1.54) is 23.5 Å². The van der Waals surface area contributed by atoms with Gasteiger partial charge in [0.05, 0.1) is 35.5 Å². The molecular formula is C26H31N7O4S. The summed E-state index contributed by atoms with van der Waals surface area (Å²) in [6, 6.07) is 10.2. The Morgan fingerprint density at radius 1 is 1.11 bits per heavy atom. The van der Waals surface area contributed by atoms with E-state index in [1.54, 1.807) is 16.9 Å². The van der Waals surface area contributed by atoms with Crippen molar-refractivity contribution in [2.45, 2.75) is 31.2 Å². The Labute approximate surface area is 221 Å². The second kappa shape index (κ2) is 10.6. The average Bonchev–Trinajstić information content (AvgIpc) is 3.26. The van der Waals surface area contributed by atoms with Crippen LogP contribution in [0.1, 0.15) is 24.7 Å². The van der Waals surface area contributed by atoms with Gasteiger partial charge in [0.2, 0.25) is 10.0 Å². The van der Waals surface area contributed by atoms with E-state index in [1.807, 2.05) is 32.2 Å². The summed E-state index contributed by atoms with van der Waals surface area (Å²) >= 11 is 0. The van der Waals surface area contributed by atoms with Crippen molar-refractivity contribution < 1.29 is 13.2 Å². The largest absolute Gasteiger partial charge is 0.496 e. The number of methoxy groups -OCH3 is 1. The predicted octanol–water partition coefficient (Wildman–Crippen LogP) is 2.13. The Bertz CT molecular complexity index is 1610. The van der Waals surface area contributed by atoms with Crippen molar-refractivity contribution >= 4 is 21.1 Å². The molecule has 1 aromatic carbocycles. The van der Waals surface area contributed by atoms with Crippen LogP contribution < -0.4 is 10.3 Å². The van der Waals surface area contributed by atoms with Gasteiger partial charge in [-0.1, -0.05) is 19.4 Å². The molecule has 12 heteroatoms. The number of rotatable bonds is 8. The molecule has 1 fully saturated rings. The number of benzene rings is 1. The van der Waals surface area contributed by atoms with E-state index in [-0.39, 0.29) is 16.3 Å². The molecular weight excluding hydrogens is 506 g/mol. The summed E-state index contributed by atoms with van der Waals surface area (Å²) in [6.45, 7) is 4.52. The van der Waals surface area contributed by atoms with Crippen molar-refractivity contribution in [3.8, 4) is 17.1 Å². The number of nitrogens with one attached hydrogen (secondary N) is 1. The molecule has 0 unspecified atom stereocenters. The summed E-state index contributed by atoms with van der Waals surface area (Å²) in [5.74, 6) is 0.632. The Morgan fingerprint density at radius 2 is 1.89 bits per heavy atom. The van der Waals surface area contributed by atoms with Gasteiger partial charge in [-0.05, 0) is 43.8 Å². The van der Waals surface area contributed by atoms with Crippen molar-refractivity contribution in [3.05, 3.63) is 64.3 Å². The van der Waals surface area contributed by atoms with Crippen molar-refractivity contribution in [1.82, 2.24) is 33.9 Å². The number of hydrogen-bond acceptors (Lipinski definition) is 8. The molecule has 4 heterocycles. The lowest BCUT2D eigenvalue weighted by molar-refractivity contribution is 0.222. The first kappa shape index (κ1) is 26.0. The second-order valence-electron chi connectivity index (χ2n) is 9.36. The third-order valence-corrected chi connectivity index (χ3v) is 8.61. The Kier molecular flexibility index (Phi) is 7.28. The molecule has 5 rings (SSSR count). The van der Waals surface area contributed by atoms with Crippen molar-refractivity contribution in [1.29, 1.82) is 0 Å². The molecule has 0 bridgehead atoms. The summed E-state index contributed by atoms with van der Waals surface area (Å²) in [7, 11) is -0.264. The lowest BCUT2D eigenvalue weighted by Crippen LogP contribution is -2.47. The average molecular weight is 538 g/mol. The molecule has 38 heavy (non-hydrogen) atoms. The molecule has 0 amide bonds. The fraction of sp³-hybridized carbons (Fsp3) is 0.385. The number of hydrogen-bond donors (Lipinski definition) is 1. The molecule has 1 N–H and O–H groups in total. The number of pyridine rings is 1. The van der Waals surface area contributed by atoms with E-state index >= 15 is 0 Å². The van der Waals surface area contributed by atoms with E-state index in [2.05, 4.69) is 14.9 Å². The summed E-state index contributed by atoms with van der Waals surface area (Å²) in [5.41, 5.74) is 2.32. The lowest BCUT2D eigenvalue weighted by Gasteiger charge is -2.31. The number of fused-ring (bicyclic) bond motifs is 1. The van der Waals surface area contributed by atoms with E-state index in [9.17, 15) is 13.2 Å². The highest BCUT2D eigenvalue weighted by Gasteiger charge is 2.29. The Hall–Kier alpha value is -3.61. The van der Waals surface area contributed by atoms with Crippen LogP contribution in [0.2, 0.25) is 0 Å². The molecule has 4 aromatic rings. The van der Waals surface area contributed by atoms with Crippen LogP contribution in [0, 0.1) is 0 Å². The molecule has 0 saturated carbocycles. The van der Waals surface area contributed by atoms with E-state index in [0.717, 1.165) is 12.1 Å². The zero-order valence-corrected chi connectivity index (χ0v) is 22.5. The summed E-state index contributed by atoms with van der Waals surface area (Å²) in [6.07, 6.45) is 3.15. The molecule has 1 saturated heterocycles. The van der Waals surface area contributed by atoms with Crippen LogP contribution >= 0.6 is 0 Å². The molecule has 0 spiro atoms. The fourth-order valence-electron chi connectivity index (χ4n) is 4.65. The maximum atomic E-state index is 13.4. The van der Waals surface area contributed by atoms with Crippen LogP contribution in [0.25, 0.3) is 22.4 Å². The molecule has 1 aliphatic heterocycles. The first-order chi connectivity index (χ1) is 18.3. The first-order valence-corrected chi connectivity index (χ1v) is 14.0. The number of sulfonamides is 1. The van der Waals surface area contributed by atoms with Crippen molar-refractivity contribution in [3.63, 3.8) is 0 Å². The van der Waals surface area contributed by atoms with E-state index in [4.69, 9.17) is 14.8 Å². The van der Waals surface area contributed by atoms with Crippen molar-refractivity contribution in [2.75, 3.05) is 40.3 Å². The SMILES string of the molecule is CCCc1nn(Cc2ccccn2)c2c(=O)[nH]c(-c3cc(S(=O)(=O)N4CCN(C)CC4)ccc3OC)nc12. The normalized spacial score (nSPS) is 15.2. The molecule has 3 aromatic heterocycles. The number of aromatic amines is 1. The van der Waals surface area contributed by atoms with Gasteiger partial charge >= 0.3 is 0 Å². The van der Waals surface area contributed by atoms with Gasteiger partial charge in [-0.15, -0.1) is 0 Å². The fourth-order valence-corrected chi connectivity index (χ4v) is 6.10. The zero-order chi connectivity index (χ0) is 26.9. The van der Waals surface area contributed by atoms with Gasteiger partial charge in [0.15, 0.2) is 5.52 Å². The van der Waals surface area contributed by atoms with Gasteiger partial charge in [-0.3, -0.25) is 14.5 Å². The van der Waals surface area contributed by atoms with Crippen LogP contribution in [0.3, 0.4) is 0 Å². The summed E-state index contributed by atoms with van der Waals surface area (Å²) in [5, 5.41) is 4.69. The molecule has 200 valence electrons. The van der Waals surface area contributed by atoms with Crippen LogP contribution in [-0.2, 0) is 23.0 Å². The minimum absolute atomic E-state index is 0.125. The zero-order valence-electron chi connectivity index (χ0n) is 21.7. The third kappa shape index (κ3) is 4.94. The Balaban J connectivity index is 1.61. The van der Waals surface area contributed by atoms with Gasteiger partial charge in [-0.25, -0.2) is 13.4 Å². The van der Waals surface area contributed by atoms with Crippen LogP contribution in [0.4, 0.5) is 0 Å². The van der Waals surface area contributed by atoms with Gasteiger partial charge in [0, 0.05) is 32.4 Å². The van der Waals surface area contributed by atoms with E-state index < -0.39 is 10.0 Å². The maximum Gasteiger partial charge on any atom is 0.277 e. The minimum Gasteiger partial charge on any atom is -0.496 e. The Morgan fingerprint density at radius 3 is 2.58 bits per heavy atom. The molecule has 0 aliphatic carbocycles. The summed E-state index contributed by atoms with van der Waals surface area (Å²) < 4.78 is 35.5. The third-order valence-electron chi connectivity index (χ3n) is 6.72. The number of aromatic nitrogens is 5. The van der Waals surface area contributed by atoms with Crippen molar-refractivity contribution in [2.24, 2.45) is 0 Å². The van der Waals surface area contributed by atoms with Gasteiger partial charge in [0.1, 0.15) is 17.1 Å². The highest BCUT2D eigenvalue weighted by Crippen LogP contribution is 2.32. The first-order valence-electron chi connectivity index (χ1n) is 12.6. The monoisotopic (exact) mass is 537 g/mol. The standard InChI is InChI=1S/C26H31N7O4S/c1-4-7-21-23-24(33(30-21)17-18-8-5-6-11-27-18)26(34)29-25(28-23)20-16-19(9-10-22(20)37-3)38(35,36)32-14-12-31(2)13-15-32/h5-6,8-11,16H,4,7,12-15,17H2,1-3H3,(H,28,29,34).